The molecule has 1 aromatic carbocycles. The van der Waals surface area contributed by atoms with E-state index in [0.717, 1.165) is 30.8 Å². The lowest BCUT2D eigenvalue weighted by Gasteiger charge is -2.08. The standard InChI is InChI=1S/C14H17N3S/c1-2-4-13-16-7-8-17(13)10-11-5-3-6-12(9-11)14(15)18/h3,5-9H,2,4,10H2,1H3,(H2,15,18). The zero-order chi connectivity index (χ0) is 13.0. The largest absolute Gasteiger partial charge is 0.389 e. The van der Waals surface area contributed by atoms with Gasteiger partial charge in [-0.25, -0.2) is 4.98 Å². The Labute approximate surface area is 113 Å². The van der Waals surface area contributed by atoms with E-state index in [4.69, 9.17) is 18.0 Å². The summed E-state index contributed by atoms with van der Waals surface area (Å²) >= 11 is 5.00. The zero-order valence-corrected chi connectivity index (χ0v) is 11.3. The van der Waals surface area contributed by atoms with Crippen LogP contribution in [-0.2, 0) is 13.0 Å². The van der Waals surface area contributed by atoms with Crippen LogP contribution in [0.15, 0.2) is 36.7 Å². The second-order valence-electron chi connectivity index (χ2n) is 4.29. The minimum absolute atomic E-state index is 0.441. The molecule has 3 nitrogen and oxygen atoms in total. The summed E-state index contributed by atoms with van der Waals surface area (Å²) in [5, 5.41) is 0. The Hall–Kier alpha value is -1.68. The minimum Gasteiger partial charge on any atom is -0.389 e. The van der Waals surface area contributed by atoms with Crippen molar-refractivity contribution in [3.05, 3.63) is 53.6 Å². The van der Waals surface area contributed by atoms with Gasteiger partial charge in [-0.1, -0.05) is 37.3 Å². The van der Waals surface area contributed by atoms with Crippen LogP contribution in [-0.4, -0.2) is 14.5 Å². The molecule has 2 N–H and O–H groups in total. The van der Waals surface area contributed by atoms with Gasteiger partial charge in [0.1, 0.15) is 10.8 Å². The lowest BCUT2D eigenvalue weighted by Crippen LogP contribution is -2.10. The first-order valence-corrected chi connectivity index (χ1v) is 6.50. The first-order chi connectivity index (χ1) is 8.70. The Balaban J connectivity index is 2.20. The van der Waals surface area contributed by atoms with Crippen LogP contribution in [0.3, 0.4) is 0 Å². The number of hydrogen-bond acceptors (Lipinski definition) is 2. The molecule has 0 aliphatic carbocycles. The molecule has 2 aromatic rings. The summed E-state index contributed by atoms with van der Waals surface area (Å²) in [5.74, 6) is 1.12. The Morgan fingerprint density at radius 2 is 2.28 bits per heavy atom. The van der Waals surface area contributed by atoms with E-state index in [-0.39, 0.29) is 0 Å². The van der Waals surface area contributed by atoms with Gasteiger partial charge in [0.2, 0.25) is 0 Å². The number of benzene rings is 1. The van der Waals surface area contributed by atoms with Crippen molar-refractivity contribution >= 4 is 17.2 Å². The van der Waals surface area contributed by atoms with Gasteiger partial charge < -0.3 is 10.3 Å². The number of thiocarbonyl (C=S) groups is 1. The molecular weight excluding hydrogens is 242 g/mol. The van der Waals surface area contributed by atoms with Crippen molar-refractivity contribution in [1.29, 1.82) is 0 Å². The molecule has 0 aliphatic rings. The molecule has 0 saturated carbocycles. The fraction of sp³-hybridized carbons (Fsp3) is 0.286. The first kappa shape index (κ1) is 12.8. The van der Waals surface area contributed by atoms with E-state index in [9.17, 15) is 0 Å². The highest BCUT2D eigenvalue weighted by atomic mass is 32.1. The maximum atomic E-state index is 5.65. The van der Waals surface area contributed by atoms with Gasteiger partial charge >= 0.3 is 0 Å². The van der Waals surface area contributed by atoms with Crippen molar-refractivity contribution in [2.45, 2.75) is 26.3 Å². The number of hydrogen-bond donors (Lipinski definition) is 1. The van der Waals surface area contributed by atoms with Gasteiger partial charge in [0.05, 0.1) is 0 Å². The number of aromatic nitrogens is 2. The summed E-state index contributed by atoms with van der Waals surface area (Å²) in [5.41, 5.74) is 7.75. The molecule has 0 radical (unpaired) electrons. The summed E-state index contributed by atoms with van der Waals surface area (Å²) in [6.45, 7) is 2.97. The van der Waals surface area contributed by atoms with Crippen molar-refractivity contribution in [1.82, 2.24) is 9.55 Å². The summed E-state index contributed by atoms with van der Waals surface area (Å²) < 4.78 is 2.17. The number of rotatable bonds is 5. The molecule has 18 heavy (non-hydrogen) atoms. The predicted octanol–water partition coefficient (Wildman–Crippen LogP) is 2.52. The van der Waals surface area contributed by atoms with Crippen LogP contribution in [0.5, 0.6) is 0 Å². The van der Waals surface area contributed by atoms with Crippen LogP contribution in [0, 0.1) is 0 Å². The summed E-state index contributed by atoms with van der Waals surface area (Å²) in [4.78, 5) is 4.81. The van der Waals surface area contributed by atoms with Gasteiger partial charge in [-0.3, -0.25) is 0 Å². The van der Waals surface area contributed by atoms with Gasteiger partial charge in [-0.15, -0.1) is 0 Å². The maximum absolute atomic E-state index is 5.65. The molecule has 0 unspecified atom stereocenters. The van der Waals surface area contributed by atoms with Crippen molar-refractivity contribution in [2.24, 2.45) is 5.73 Å². The highest BCUT2D eigenvalue weighted by Gasteiger charge is 2.04. The third kappa shape index (κ3) is 2.96. The van der Waals surface area contributed by atoms with Crippen molar-refractivity contribution in [3.8, 4) is 0 Å². The lowest BCUT2D eigenvalue weighted by molar-refractivity contribution is 0.705. The fourth-order valence-corrected chi connectivity index (χ4v) is 2.08. The highest BCUT2D eigenvalue weighted by molar-refractivity contribution is 7.80. The topological polar surface area (TPSA) is 43.8 Å². The van der Waals surface area contributed by atoms with Crippen LogP contribution in [0.25, 0.3) is 0 Å². The van der Waals surface area contributed by atoms with E-state index in [1.165, 1.54) is 5.56 Å². The number of imidazole rings is 1. The molecule has 2 rings (SSSR count). The van der Waals surface area contributed by atoms with Crippen molar-refractivity contribution in [2.75, 3.05) is 0 Å². The van der Waals surface area contributed by atoms with Crippen LogP contribution in [0.2, 0.25) is 0 Å². The minimum atomic E-state index is 0.441. The SMILES string of the molecule is CCCc1nccn1Cc1cccc(C(N)=S)c1. The average Bonchev–Trinajstić information content (AvgIpc) is 2.77. The van der Waals surface area contributed by atoms with Gasteiger partial charge in [0.25, 0.3) is 0 Å². The quantitative estimate of drug-likeness (QED) is 0.839. The highest BCUT2D eigenvalue weighted by Crippen LogP contribution is 2.10. The Morgan fingerprint density at radius 1 is 1.44 bits per heavy atom. The molecule has 1 aromatic heterocycles. The molecule has 0 saturated heterocycles. The normalized spacial score (nSPS) is 10.5. The van der Waals surface area contributed by atoms with Gasteiger partial charge in [0.15, 0.2) is 0 Å². The Morgan fingerprint density at radius 3 is 3.00 bits per heavy atom. The number of aryl methyl sites for hydroxylation is 1. The fourth-order valence-electron chi connectivity index (χ4n) is 1.96. The molecule has 0 bridgehead atoms. The molecule has 94 valence electrons. The molecule has 4 heteroatoms. The van der Waals surface area contributed by atoms with E-state index >= 15 is 0 Å². The molecule has 0 aliphatic heterocycles. The average molecular weight is 259 g/mol. The van der Waals surface area contributed by atoms with Crippen LogP contribution >= 0.6 is 12.2 Å². The van der Waals surface area contributed by atoms with Crippen LogP contribution < -0.4 is 5.73 Å². The molecule has 0 amide bonds. The summed E-state index contributed by atoms with van der Waals surface area (Å²) in [6.07, 6.45) is 5.97. The summed E-state index contributed by atoms with van der Waals surface area (Å²) in [6, 6.07) is 8.04. The number of nitrogens with zero attached hydrogens (tertiary/aromatic N) is 2. The van der Waals surface area contributed by atoms with Gasteiger partial charge in [-0.2, -0.15) is 0 Å². The maximum Gasteiger partial charge on any atom is 0.108 e. The van der Waals surface area contributed by atoms with E-state index in [1.807, 2.05) is 30.6 Å². The van der Waals surface area contributed by atoms with Crippen molar-refractivity contribution in [3.63, 3.8) is 0 Å². The number of nitrogens with two attached hydrogens (primary N) is 1. The molecule has 0 spiro atoms. The molecule has 0 atom stereocenters. The molecular formula is C14H17N3S. The predicted molar refractivity (Wildman–Crippen MR) is 77.7 cm³/mol. The Kier molecular flexibility index (Phi) is 4.10. The van der Waals surface area contributed by atoms with E-state index in [0.29, 0.717) is 4.99 Å². The lowest BCUT2D eigenvalue weighted by atomic mass is 10.1. The van der Waals surface area contributed by atoms with Gasteiger partial charge in [-0.05, 0) is 18.1 Å². The van der Waals surface area contributed by atoms with E-state index in [1.54, 1.807) is 0 Å². The van der Waals surface area contributed by atoms with Crippen LogP contribution in [0.4, 0.5) is 0 Å². The Bertz CT molecular complexity index is 545. The third-order valence-corrected chi connectivity index (χ3v) is 3.08. The monoisotopic (exact) mass is 259 g/mol. The molecule has 1 heterocycles. The molecule has 0 fully saturated rings. The van der Waals surface area contributed by atoms with Crippen LogP contribution in [0.1, 0.15) is 30.3 Å². The smallest absolute Gasteiger partial charge is 0.108 e. The second-order valence-corrected chi connectivity index (χ2v) is 4.73. The van der Waals surface area contributed by atoms with Gasteiger partial charge in [0, 0.05) is 30.9 Å². The van der Waals surface area contributed by atoms with E-state index in [2.05, 4.69) is 22.5 Å². The third-order valence-electron chi connectivity index (χ3n) is 2.84. The van der Waals surface area contributed by atoms with E-state index < -0.39 is 0 Å². The van der Waals surface area contributed by atoms with Crippen molar-refractivity contribution < 1.29 is 0 Å². The first-order valence-electron chi connectivity index (χ1n) is 6.09. The summed E-state index contributed by atoms with van der Waals surface area (Å²) in [7, 11) is 0. The zero-order valence-electron chi connectivity index (χ0n) is 10.5. The second kappa shape index (κ2) is 5.78.